The molecule has 110 valence electrons. The van der Waals surface area contributed by atoms with E-state index >= 15 is 0 Å². The van der Waals surface area contributed by atoms with Crippen LogP contribution < -0.4 is 5.32 Å². The van der Waals surface area contributed by atoms with Crippen molar-refractivity contribution in [3.63, 3.8) is 0 Å². The molecule has 0 aliphatic carbocycles. The molecule has 0 radical (unpaired) electrons. The summed E-state index contributed by atoms with van der Waals surface area (Å²) in [5.41, 5.74) is 3.14. The van der Waals surface area contributed by atoms with Gasteiger partial charge < -0.3 is 5.32 Å². The first-order chi connectivity index (χ1) is 10.1. The highest BCUT2D eigenvalue weighted by Gasteiger charge is 2.23. The molecule has 0 bridgehead atoms. The van der Waals surface area contributed by atoms with Gasteiger partial charge in [-0.25, -0.2) is 0 Å². The van der Waals surface area contributed by atoms with Gasteiger partial charge in [-0.2, -0.15) is 0 Å². The average molecular weight is 282 g/mol. The smallest absolute Gasteiger partial charge is 0.228 e. The van der Waals surface area contributed by atoms with Crippen LogP contribution in [0.4, 0.5) is 0 Å². The van der Waals surface area contributed by atoms with Crippen LogP contribution in [0.2, 0.25) is 0 Å². The highest BCUT2D eigenvalue weighted by molar-refractivity contribution is 5.83. The number of benzene rings is 1. The van der Waals surface area contributed by atoms with Crippen LogP contribution in [0.3, 0.4) is 0 Å². The lowest BCUT2D eigenvalue weighted by molar-refractivity contribution is -0.123. The van der Waals surface area contributed by atoms with Crippen LogP contribution in [-0.4, -0.2) is 10.9 Å². The maximum absolute atomic E-state index is 12.5. The Morgan fingerprint density at radius 1 is 1.14 bits per heavy atom. The van der Waals surface area contributed by atoms with Gasteiger partial charge in [-0.3, -0.25) is 9.78 Å². The Balaban J connectivity index is 2.07. The molecule has 1 atom stereocenters. The molecule has 1 unspecified atom stereocenters. The second-order valence-electron chi connectivity index (χ2n) is 5.67. The standard InChI is InChI=1S/C18H22N2O/c1-13(2)17(15-9-7-14(3)8-10-15)18(21)20-12-16-6-4-5-11-19-16/h4-11,13,17H,12H2,1-3H3,(H,20,21). The summed E-state index contributed by atoms with van der Waals surface area (Å²) in [6, 6.07) is 13.9. The third-order valence-electron chi connectivity index (χ3n) is 3.56. The van der Waals surface area contributed by atoms with Gasteiger partial charge in [0.15, 0.2) is 0 Å². The van der Waals surface area contributed by atoms with Gasteiger partial charge in [0.05, 0.1) is 18.2 Å². The maximum atomic E-state index is 12.5. The number of rotatable bonds is 5. The molecule has 1 aromatic carbocycles. The van der Waals surface area contributed by atoms with Crippen molar-refractivity contribution in [2.75, 3.05) is 0 Å². The molecule has 0 spiro atoms. The zero-order valence-corrected chi connectivity index (χ0v) is 12.8. The van der Waals surface area contributed by atoms with Crippen molar-refractivity contribution in [2.45, 2.75) is 33.2 Å². The second-order valence-corrected chi connectivity index (χ2v) is 5.67. The Hall–Kier alpha value is -2.16. The Labute approximate surface area is 126 Å². The van der Waals surface area contributed by atoms with Crippen molar-refractivity contribution in [2.24, 2.45) is 5.92 Å². The SMILES string of the molecule is Cc1ccc(C(C(=O)NCc2ccccn2)C(C)C)cc1. The number of hydrogen-bond donors (Lipinski definition) is 1. The first-order valence-corrected chi connectivity index (χ1v) is 7.32. The van der Waals surface area contributed by atoms with Gasteiger partial charge in [0, 0.05) is 6.20 Å². The molecule has 1 amide bonds. The summed E-state index contributed by atoms with van der Waals surface area (Å²) in [4.78, 5) is 16.7. The lowest BCUT2D eigenvalue weighted by Gasteiger charge is -2.21. The Morgan fingerprint density at radius 3 is 2.43 bits per heavy atom. The highest BCUT2D eigenvalue weighted by Crippen LogP contribution is 2.25. The fourth-order valence-corrected chi connectivity index (χ4v) is 2.40. The van der Waals surface area contributed by atoms with Crippen LogP contribution >= 0.6 is 0 Å². The molecule has 3 nitrogen and oxygen atoms in total. The van der Waals surface area contributed by atoms with Gasteiger partial charge in [0.1, 0.15) is 0 Å². The predicted octanol–water partition coefficient (Wildman–Crippen LogP) is 3.45. The molecule has 1 heterocycles. The Kier molecular flexibility index (Phi) is 5.09. The molecule has 0 fully saturated rings. The molecule has 0 aliphatic heterocycles. The van der Waals surface area contributed by atoms with Gasteiger partial charge >= 0.3 is 0 Å². The Morgan fingerprint density at radius 2 is 1.86 bits per heavy atom. The summed E-state index contributed by atoms with van der Waals surface area (Å²) in [6.45, 7) is 6.67. The first kappa shape index (κ1) is 15.2. The number of aryl methyl sites for hydroxylation is 1. The summed E-state index contributed by atoms with van der Waals surface area (Å²) in [7, 11) is 0. The third-order valence-corrected chi connectivity index (χ3v) is 3.56. The molecule has 1 aromatic heterocycles. The van der Waals surface area contributed by atoms with Crippen molar-refractivity contribution < 1.29 is 4.79 Å². The number of hydrogen-bond acceptors (Lipinski definition) is 2. The quantitative estimate of drug-likeness (QED) is 0.912. The molecular formula is C18H22N2O. The molecule has 3 heteroatoms. The average Bonchev–Trinajstić information content (AvgIpc) is 2.48. The number of carbonyl (C=O) groups excluding carboxylic acids is 1. The second kappa shape index (κ2) is 7.02. The zero-order valence-electron chi connectivity index (χ0n) is 12.8. The molecular weight excluding hydrogens is 260 g/mol. The minimum absolute atomic E-state index is 0.0551. The van der Waals surface area contributed by atoms with Crippen molar-refractivity contribution in [1.82, 2.24) is 10.3 Å². The summed E-state index contributed by atoms with van der Waals surface area (Å²) < 4.78 is 0. The molecule has 2 aromatic rings. The van der Waals surface area contributed by atoms with Crippen LogP contribution in [0.15, 0.2) is 48.7 Å². The molecule has 0 aliphatic rings. The highest BCUT2D eigenvalue weighted by atomic mass is 16.1. The summed E-state index contributed by atoms with van der Waals surface area (Å²) in [5.74, 6) is 0.172. The van der Waals surface area contributed by atoms with E-state index in [1.165, 1.54) is 5.56 Å². The van der Waals surface area contributed by atoms with E-state index in [4.69, 9.17) is 0 Å². The van der Waals surface area contributed by atoms with Crippen LogP contribution in [-0.2, 0) is 11.3 Å². The van der Waals surface area contributed by atoms with E-state index in [2.05, 4.69) is 43.2 Å². The fourth-order valence-electron chi connectivity index (χ4n) is 2.40. The van der Waals surface area contributed by atoms with E-state index in [1.807, 2.05) is 30.3 Å². The topological polar surface area (TPSA) is 42.0 Å². The lowest BCUT2D eigenvalue weighted by Crippen LogP contribution is -2.31. The summed E-state index contributed by atoms with van der Waals surface area (Å²) in [5, 5.41) is 2.99. The maximum Gasteiger partial charge on any atom is 0.228 e. The lowest BCUT2D eigenvalue weighted by atomic mass is 9.87. The van der Waals surface area contributed by atoms with Crippen molar-refractivity contribution in [3.05, 3.63) is 65.5 Å². The number of nitrogens with one attached hydrogen (secondary N) is 1. The Bertz CT molecular complexity index is 576. The van der Waals surface area contributed by atoms with E-state index in [0.29, 0.717) is 6.54 Å². The van der Waals surface area contributed by atoms with Crippen LogP contribution in [0.25, 0.3) is 0 Å². The van der Waals surface area contributed by atoms with E-state index in [0.717, 1.165) is 11.3 Å². The van der Waals surface area contributed by atoms with Crippen molar-refractivity contribution in [3.8, 4) is 0 Å². The monoisotopic (exact) mass is 282 g/mol. The number of nitrogens with zero attached hydrogens (tertiary/aromatic N) is 1. The number of amides is 1. The molecule has 1 N–H and O–H groups in total. The molecule has 0 saturated heterocycles. The molecule has 2 rings (SSSR count). The molecule has 21 heavy (non-hydrogen) atoms. The minimum Gasteiger partial charge on any atom is -0.350 e. The van der Waals surface area contributed by atoms with E-state index in [9.17, 15) is 4.79 Å². The summed E-state index contributed by atoms with van der Waals surface area (Å²) >= 11 is 0. The normalized spacial score (nSPS) is 12.2. The zero-order chi connectivity index (χ0) is 15.2. The first-order valence-electron chi connectivity index (χ1n) is 7.32. The number of pyridine rings is 1. The number of aromatic nitrogens is 1. The van der Waals surface area contributed by atoms with Crippen LogP contribution in [0, 0.1) is 12.8 Å². The van der Waals surface area contributed by atoms with Gasteiger partial charge in [-0.15, -0.1) is 0 Å². The van der Waals surface area contributed by atoms with Gasteiger partial charge in [-0.05, 0) is 30.5 Å². The van der Waals surface area contributed by atoms with Gasteiger partial charge in [0.25, 0.3) is 0 Å². The summed E-state index contributed by atoms with van der Waals surface area (Å²) in [6.07, 6.45) is 1.74. The van der Waals surface area contributed by atoms with Gasteiger partial charge in [0.2, 0.25) is 5.91 Å². The van der Waals surface area contributed by atoms with Crippen LogP contribution in [0.1, 0.15) is 36.6 Å². The molecule has 0 saturated carbocycles. The van der Waals surface area contributed by atoms with Crippen LogP contribution in [0.5, 0.6) is 0 Å². The van der Waals surface area contributed by atoms with E-state index in [1.54, 1.807) is 6.20 Å². The minimum atomic E-state index is -0.130. The van der Waals surface area contributed by atoms with Crippen molar-refractivity contribution >= 4 is 5.91 Å². The predicted molar refractivity (Wildman–Crippen MR) is 84.8 cm³/mol. The third kappa shape index (κ3) is 4.15. The largest absolute Gasteiger partial charge is 0.350 e. The van der Waals surface area contributed by atoms with Crippen molar-refractivity contribution in [1.29, 1.82) is 0 Å². The number of carbonyl (C=O) groups is 1. The fraction of sp³-hybridized carbons (Fsp3) is 0.333. The van der Waals surface area contributed by atoms with E-state index in [-0.39, 0.29) is 17.7 Å². The van der Waals surface area contributed by atoms with Gasteiger partial charge in [-0.1, -0.05) is 49.7 Å². The van der Waals surface area contributed by atoms with E-state index < -0.39 is 0 Å².